The number of rotatable bonds is 6. The molecule has 0 radical (unpaired) electrons. The van der Waals surface area contributed by atoms with E-state index in [1.54, 1.807) is 11.0 Å². The molecule has 6 nitrogen and oxygen atoms in total. The van der Waals surface area contributed by atoms with E-state index in [-0.39, 0.29) is 5.91 Å². The Bertz CT molecular complexity index is 609. The fourth-order valence-electron chi connectivity index (χ4n) is 2.29. The first-order valence-corrected chi connectivity index (χ1v) is 8.37. The highest BCUT2D eigenvalue weighted by Gasteiger charge is 2.26. The summed E-state index contributed by atoms with van der Waals surface area (Å²) < 4.78 is 6.51. The third-order valence-electron chi connectivity index (χ3n) is 3.46. The molecule has 0 aliphatic carbocycles. The van der Waals surface area contributed by atoms with Gasteiger partial charge < -0.3 is 20.7 Å². The standard InChI is InChI=1S/C14H17ClIN3O3/c1-2-19(14(17)21)4-3-5-22-10-6-9(16)11-8(12(10)15)7-18-13(11)20/h6H,2-5,7H2,1H3,(H2,17,21)(H,18,20). The minimum Gasteiger partial charge on any atom is -0.492 e. The summed E-state index contributed by atoms with van der Waals surface area (Å²) in [5, 5.41) is 3.22. The van der Waals surface area contributed by atoms with Crippen LogP contribution >= 0.6 is 34.2 Å². The summed E-state index contributed by atoms with van der Waals surface area (Å²) in [5.74, 6) is 0.455. The molecule has 1 aromatic carbocycles. The number of carbonyl (C=O) groups excluding carboxylic acids is 2. The Morgan fingerprint density at radius 1 is 1.59 bits per heavy atom. The Kier molecular flexibility index (Phi) is 5.74. The minimum absolute atomic E-state index is 0.104. The molecule has 1 aliphatic heterocycles. The van der Waals surface area contributed by atoms with Crippen LogP contribution in [0.5, 0.6) is 5.75 Å². The van der Waals surface area contributed by atoms with Crippen molar-refractivity contribution in [1.82, 2.24) is 10.2 Å². The summed E-state index contributed by atoms with van der Waals surface area (Å²) >= 11 is 8.41. The molecule has 1 aromatic rings. The first-order valence-electron chi connectivity index (χ1n) is 6.92. The van der Waals surface area contributed by atoms with E-state index in [0.29, 0.717) is 49.0 Å². The van der Waals surface area contributed by atoms with Crippen molar-refractivity contribution < 1.29 is 14.3 Å². The van der Waals surface area contributed by atoms with Crippen molar-refractivity contribution in [3.8, 4) is 5.75 Å². The second-order valence-corrected chi connectivity index (χ2v) is 6.37. The molecule has 1 aliphatic rings. The Morgan fingerprint density at radius 2 is 2.32 bits per heavy atom. The lowest BCUT2D eigenvalue weighted by molar-refractivity contribution is 0.0965. The zero-order chi connectivity index (χ0) is 16.3. The van der Waals surface area contributed by atoms with Crippen LogP contribution in [0, 0.1) is 3.57 Å². The number of urea groups is 1. The number of fused-ring (bicyclic) bond motifs is 1. The third kappa shape index (κ3) is 3.57. The van der Waals surface area contributed by atoms with E-state index in [0.717, 1.165) is 9.13 Å². The summed E-state index contributed by atoms with van der Waals surface area (Å²) in [4.78, 5) is 24.4. The Morgan fingerprint density at radius 3 is 2.95 bits per heavy atom. The monoisotopic (exact) mass is 437 g/mol. The molecular weight excluding hydrogens is 421 g/mol. The average Bonchev–Trinajstić information content (AvgIpc) is 2.86. The molecule has 2 rings (SSSR count). The predicted octanol–water partition coefficient (Wildman–Crippen LogP) is 2.36. The van der Waals surface area contributed by atoms with Gasteiger partial charge in [-0.1, -0.05) is 11.6 Å². The first kappa shape index (κ1) is 17.1. The van der Waals surface area contributed by atoms with Gasteiger partial charge in [0, 0.05) is 28.8 Å². The molecule has 3 amide bonds. The largest absolute Gasteiger partial charge is 0.492 e. The van der Waals surface area contributed by atoms with Crippen molar-refractivity contribution in [1.29, 1.82) is 0 Å². The highest BCUT2D eigenvalue weighted by molar-refractivity contribution is 14.1. The second-order valence-electron chi connectivity index (χ2n) is 4.83. The number of nitrogens with one attached hydrogen (secondary N) is 1. The molecule has 0 aromatic heterocycles. The molecule has 3 N–H and O–H groups in total. The van der Waals surface area contributed by atoms with Crippen LogP contribution in [0.3, 0.4) is 0 Å². The van der Waals surface area contributed by atoms with Crippen molar-refractivity contribution >= 4 is 46.1 Å². The van der Waals surface area contributed by atoms with Crippen molar-refractivity contribution in [3.63, 3.8) is 0 Å². The molecule has 0 spiro atoms. The summed E-state index contributed by atoms with van der Waals surface area (Å²) in [6, 6.07) is 1.33. The average molecular weight is 438 g/mol. The number of primary amides is 1. The number of amides is 3. The van der Waals surface area contributed by atoms with Gasteiger partial charge in [-0.25, -0.2) is 4.79 Å². The number of halogens is 2. The zero-order valence-corrected chi connectivity index (χ0v) is 15.0. The number of ether oxygens (including phenoxy) is 1. The molecule has 0 saturated carbocycles. The van der Waals surface area contributed by atoms with E-state index in [4.69, 9.17) is 22.1 Å². The lowest BCUT2D eigenvalue weighted by atomic mass is 10.1. The van der Waals surface area contributed by atoms with Crippen LogP contribution in [0.4, 0.5) is 4.79 Å². The van der Waals surface area contributed by atoms with Crippen LogP contribution in [0.1, 0.15) is 29.3 Å². The molecule has 0 saturated heterocycles. The summed E-state index contributed by atoms with van der Waals surface area (Å²) in [6.45, 7) is 3.81. The SMILES string of the molecule is CCN(CCCOc1cc(I)c2c(c1Cl)CNC2=O)C(N)=O. The molecule has 0 bridgehead atoms. The second kappa shape index (κ2) is 7.36. The molecule has 0 unspecified atom stereocenters. The number of hydrogen-bond donors (Lipinski definition) is 2. The third-order valence-corrected chi connectivity index (χ3v) is 4.72. The van der Waals surface area contributed by atoms with Gasteiger partial charge in [0.1, 0.15) is 5.75 Å². The Balaban J connectivity index is 1.99. The molecular formula is C14H17ClIN3O3. The number of carbonyl (C=O) groups is 2. The van der Waals surface area contributed by atoms with Crippen LogP contribution < -0.4 is 15.8 Å². The zero-order valence-electron chi connectivity index (χ0n) is 12.1. The highest BCUT2D eigenvalue weighted by Crippen LogP contribution is 2.36. The Hall–Kier alpha value is -1.22. The maximum absolute atomic E-state index is 11.7. The van der Waals surface area contributed by atoms with Crippen molar-refractivity contribution in [2.75, 3.05) is 19.7 Å². The molecule has 120 valence electrons. The van der Waals surface area contributed by atoms with Gasteiger partial charge in [-0.2, -0.15) is 0 Å². The summed E-state index contributed by atoms with van der Waals surface area (Å²) in [7, 11) is 0. The molecule has 0 atom stereocenters. The van der Waals surface area contributed by atoms with Gasteiger partial charge in [0.2, 0.25) is 0 Å². The smallest absolute Gasteiger partial charge is 0.314 e. The molecule has 0 fully saturated rings. The van der Waals surface area contributed by atoms with E-state index in [9.17, 15) is 9.59 Å². The van der Waals surface area contributed by atoms with Crippen LogP contribution in [0.2, 0.25) is 5.02 Å². The summed E-state index contributed by atoms with van der Waals surface area (Å²) in [6.07, 6.45) is 0.651. The van der Waals surface area contributed by atoms with Crippen LogP contribution in [0.15, 0.2) is 6.07 Å². The normalized spacial score (nSPS) is 12.8. The number of nitrogens with zero attached hydrogens (tertiary/aromatic N) is 1. The molecule has 1 heterocycles. The molecule has 8 heteroatoms. The van der Waals surface area contributed by atoms with Gasteiger partial charge in [-0.15, -0.1) is 0 Å². The van der Waals surface area contributed by atoms with E-state index >= 15 is 0 Å². The fraction of sp³-hybridized carbons (Fsp3) is 0.429. The van der Waals surface area contributed by atoms with E-state index in [1.807, 2.05) is 6.92 Å². The van der Waals surface area contributed by atoms with E-state index < -0.39 is 6.03 Å². The van der Waals surface area contributed by atoms with E-state index in [1.165, 1.54) is 0 Å². The van der Waals surface area contributed by atoms with Gasteiger partial charge in [-0.05, 0) is 42.0 Å². The number of nitrogens with two attached hydrogens (primary N) is 1. The van der Waals surface area contributed by atoms with Gasteiger partial charge in [0.05, 0.1) is 17.2 Å². The van der Waals surface area contributed by atoms with E-state index in [2.05, 4.69) is 27.9 Å². The van der Waals surface area contributed by atoms with Gasteiger partial charge in [-0.3, -0.25) is 4.79 Å². The predicted molar refractivity (Wildman–Crippen MR) is 92.3 cm³/mol. The van der Waals surface area contributed by atoms with Crippen molar-refractivity contribution in [2.45, 2.75) is 19.9 Å². The van der Waals surface area contributed by atoms with Crippen LogP contribution in [-0.2, 0) is 6.54 Å². The maximum Gasteiger partial charge on any atom is 0.314 e. The Labute approximate surface area is 147 Å². The first-order chi connectivity index (χ1) is 10.5. The quantitative estimate of drug-likeness (QED) is 0.529. The minimum atomic E-state index is -0.433. The molecule has 22 heavy (non-hydrogen) atoms. The van der Waals surface area contributed by atoms with Crippen LogP contribution in [-0.4, -0.2) is 36.5 Å². The van der Waals surface area contributed by atoms with Gasteiger partial charge in [0.15, 0.2) is 0 Å². The number of hydrogen-bond acceptors (Lipinski definition) is 3. The lowest BCUT2D eigenvalue weighted by Crippen LogP contribution is -2.36. The fourth-order valence-corrected chi connectivity index (χ4v) is 3.41. The lowest BCUT2D eigenvalue weighted by Gasteiger charge is -2.18. The topological polar surface area (TPSA) is 84.7 Å². The van der Waals surface area contributed by atoms with Crippen LogP contribution in [0.25, 0.3) is 0 Å². The number of benzene rings is 1. The summed E-state index contributed by atoms with van der Waals surface area (Å²) in [5.41, 5.74) is 6.65. The van der Waals surface area contributed by atoms with Crippen molar-refractivity contribution in [2.24, 2.45) is 5.73 Å². The van der Waals surface area contributed by atoms with Gasteiger partial charge in [0.25, 0.3) is 5.91 Å². The van der Waals surface area contributed by atoms with Gasteiger partial charge >= 0.3 is 6.03 Å². The highest BCUT2D eigenvalue weighted by atomic mass is 127. The van der Waals surface area contributed by atoms with Crippen molar-refractivity contribution in [3.05, 3.63) is 25.8 Å². The maximum atomic E-state index is 11.7.